The van der Waals surface area contributed by atoms with E-state index >= 15 is 0 Å². The van der Waals surface area contributed by atoms with Crippen LogP contribution in [0, 0.1) is 0 Å². The van der Waals surface area contributed by atoms with E-state index in [4.69, 9.17) is 0 Å². The smallest absolute Gasteiger partial charge is 0.577 e. The van der Waals surface area contributed by atoms with Crippen LogP contribution in [0.5, 0.6) is 0 Å². The van der Waals surface area contributed by atoms with Gasteiger partial charge in [0.25, 0.3) is 0 Å². The van der Waals surface area contributed by atoms with Crippen molar-refractivity contribution < 1.29 is 54.6 Å². The third kappa shape index (κ3) is 8.93. The maximum absolute atomic E-state index is 10.8. The first-order valence-electron chi connectivity index (χ1n) is 4.12. The summed E-state index contributed by atoms with van der Waals surface area (Å²) in [6.45, 7) is 0. The quantitative estimate of drug-likeness (QED) is 0.519. The third-order valence-electron chi connectivity index (χ3n) is 1.39. The van der Waals surface area contributed by atoms with Gasteiger partial charge in [-0.1, -0.05) is 24.3 Å². The fraction of sp³-hybridized carbons (Fsp3) is 0.250. The second-order valence-electron chi connectivity index (χ2n) is 3.17. The van der Waals surface area contributed by atoms with Crippen LogP contribution in [0.3, 0.4) is 0 Å². The van der Waals surface area contributed by atoms with Crippen molar-refractivity contribution in [2.24, 2.45) is 0 Å². The molecular formula is C8H10Li2N2O4S2. The molecule has 0 amide bonds. The number of hydrogen-bond donors (Lipinski definition) is 0. The van der Waals surface area contributed by atoms with Crippen molar-refractivity contribution in [2.75, 3.05) is 12.5 Å². The van der Waals surface area contributed by atoms with Crippen LogP contribution >= 0.6 is 0 Å². The predicted molar refractivity (Wildman–Crippen MR) is 62.2 cm³/mol. The Morgan fingerprint density at radius 3 is 1.11 bits per heavy atom. The van der Waals surface area contributed by atoms with E-state index in [1.54, 1.807) is 0 Å². The first-order valence-corrected chi connectivity index (χ1v) is 7.81. The first-order chi connectivity index (χ1) is 7.16. The first kappa shape index (κ1) is 20.2. The Hall–Kier alpha value is -0.0852. The molecule has 6 nitrogen and oxygen atoms in total. The Bertz CT molecular complexity index is 517. The zero-order valence-corrected chi connectivity index (χ0v) is 12.3. The van der Waals surface area contributed by atoms with E-state index in [1.165, 1.54) is 24.3 Å². The molecule has 0 saturated carbocycles. The van der Waals surface area contributed by atoms with Gasteiger partial charge in [0, 0.05) is 12.5 Å². The van der Waals surface area contributed by atoms with E-state index in [1.807, 2.05) is 0 Å². The van der Waals surface area contributed by atoms with Gasteiger partial charge < -0.3 is 9.44 Å². The molecule has 0 saturated heterocycles. The molecule has 0 aliphatic carbocycles. The Morgan fingerprint density at radius 1 is 0.722 bits per heavy atom. The van der Waals surface area contributed by atoms with Gasteiger partial charge in [0.2, 0.25) is 0 Å². The van der Waals surface area contributed by atoms with Gasteiger partial charge in [0.15, 0.2) is 0 Å². The molecule has 90 valence electrons. The topological polar surface area (TPSA) is 96.5 Å². The molecular weight excluding hydrogens is 266 g/mol. The van der Waals surface area contributed by atoms with E-state index < -0.39 is 20.0 Å². The van der Waals surface area contributed by atoms with Crippen LogP contribution in [-0.4, -0.2) is 29.3 Å². The van der Waals surface area contributed by atoms with Gasteiger partial charge in [0.05, 0.1) is 20.0 Å². The Labute approximate surface area is 131 Å². The van der Waals surface area contributed by atoms with Crippen molar-refractivity contribution in [3.8, 4) is 0 Å². The molecule has 0 atom stereocenters. The summed E-state index contributed by atoms with van der Waals surface area (Å²) >= 11 is 0. The van der Waals surface area contributed by atoms with Gasteiger partial charge in [-0.25, -0.2) is 16.8 Å². The number of benzene rings is 1. The summed E-state index contributed by atoms with van der Waals surface area (Å²) in [5.41, 5.74) is 0.463. The average molecular weight is 276 g/mol. The number of hydrogen-bond acceptors (Lipinski definition) is 4. The predicted octanol–water partition coefficient (Wildman–Crippen LogP) is -4.38. The SMILES string of the molecule is CS(=O)(=O)[N-]c1ccc([N-]S(C)(=O)=O)cc1.[Li+].[Li+]. The molecule has 0 aliphatic heterocycles. The molecule has 0 fully saturated rings. The molecule has 1 aromatic rings. The van der Waals surface area contributed by atoms with Crippen molar-refractivity contribution in [3.63, 3.8) is 0 Å². The minimum atomic E-state index is -3.45. The van der Waals surface area contributed by atoms with Crippen LogP contribution < -0.4 is 37.7 Å². The summed E-state index contributed by atoms with van der Waals surface area (Å²) in [4.78, 5) is 0. The molecule has 1 aromatic carbocycles. The summed E-state index contributed by atoms with van der Waals surface area (Å²) < 4.78 is 50.1. The number of rotatable bonds is 4. The summed E-state index contributed by atoms with van der Waals surface area (Å²) in [7, 11) is -6.90. The molecule has 0 heterocycles. The monoisotopic (exact) mass is 276 g/mol. The Morgan fingerprint density at radius 2 is 0.944 bits per heavy atom. The zero-order valence-electron chi connectivity index (χ0n) is 10.7. The minimum Gasteiger partial charge on any atom is -0.577 e. The maximum Gasteiger partial charge on any atom is 1.00 e. The zero-order chi connectivity index (χ0) is 12.4. The molecule has 1 rings (SSSR count). The maximum atomic E-state index is 10.8. The van der Waals surface area contributed by atoms with Crippen molar-refractivity contribution in [1.82, 2.24) is 0 Å². The van der Waals surface area contributed by atoms with Crippen LogP contribution in [0.4, 0.5) is 11.4 Å². The van der Waals surface area contributed by atoms with Gasteiger partial charge >= 0.3 is 37.7 Å². The van der Waals surface area contributed by atoms with E-state index in [0.717, 1.165) is 12.5 Å². The number of sulfonamides is 2. The summed E-state index contributed by atoms with van der Waals surface area (Å²) in [5.74, 6) is 0. The normalized spacial score (nSPS) is 10.8. The molecule has 0 aliphatic rings. The average Bonchev–Trinajstić information content (AvgIpc) is 2.03. The van der Waals surface area contributed by atoms with E-state index in [9.17, 15) is 16.8 Å². The van der Waals surface area contributed by atoms with Crippen LogP contribution in [0.15, 0.2) is 24.3 Å². The van der Waals surface area contributed by atoms with E-state index in [0.29, 0.717) is 0 Å². The third-order valence-corrected chi connectivity index (χ3v) is 2.48. The Balaban J connectivity index is 0. The summed E-state index contributed by atoms with van der Waals surface area (Å²) in [6, 6.07) is 5.52. The van der Waals surface area contributed by atoms with Crippen LogP contribution in [0.2, 0.25) is 0 Å². The second-order valence-corrected chi connectivity index (χ2v) is 6.46. The molecule has 0 N–H and O–H groups in total. The van der Waals surface area contributed by atoms with Crippen LogP contribution in [0.1, 0.15) is 0 Å². The van der Waals surface area contributed by atoms with E-state index in [2.05, 4.69) is 9.44 Å². The largest absolute Gasteiger partial charge is 1.00 e. The van der Waals surface area contributed by atoms with E-state index in [-0.39, 0.29) is 49.1 Å². The molecule has 18 heavy (non-hydrogen) atoms. The Kier molecular flexibility index (Phi) is 8.42. The molecule has 10 heteroatoms. The van der Waals surface area contributed by atoms with Gasteiger partial charge in [-0.05, 0) is 0 Å². The molecule has 0 aromatic heterocycles. The molecule has 0 bridgehead atoms. The van der Waals surface area contributed by atoms with Crippen molar-refractivity contribution in [1.29, 1.82) is 0 Å². The summed E-state index contributed by atoms with van der Waals surface area (Å²) in [5, 5.41) is 0. The van der Waals surface area contributed by atoms with Crippen molar-refractivity contribution in [2.45, 2.75) is 0 Å². The van der Waals surface area contributed by atoms with Crippen molar-refractivity contribution >= 4 is 31.4 Å². The fourth-order valence-electron chi connectivity index (χ4n) is 0.957. The van der Waals surface area contributed by atoms with Crippen LogP contribution in [-0.2, 0) is 20.0 Å². The standard InChI is InChI=1S/C8H10N2O4S2.2Li/c1-15(11,12)9-7-3-5-8(6-4-7)10-16(2,13)14;;/h3-6H,1-2H3;;/q-2;2*+1. The van der Waals surface area contributed by atoms with Crippen molar-refractivity contribution in [3.05, 3.63) is 33.7 Å². The van der Waals surface area contributed by atoms with Gasteiger partial charge in [-0.15, -0.1) is 11.4 Å². The molecule has 0 unspecified atom stereocenters. The second kappa shape index (κ2) is 7.49. The summed E-state index contributed by atoms with van der Waals surface area (Å²) in [6.07, 6.45) is 1.95. The number of nitrogens with zero attached hydrogens (tertiary/aromatic N) is 2. The molecule has 0 radical (unpaired) electrons. The fourth-order valence-corrected chi connectivity index (χ4v) is 1.97. The van der Waals surface area contributed by atoms with Gasteiger partial charge in [0.1, 0.15) is 0 Å². The van der Waals surface area contributed by atoms with Gasteiger partial charge in [-0.3, -0.25) is 0 Å². The van der Waals surface area contributed by atoms with Gasteiger partial charge in [-0.2, -0.15) is 0 Å². The molecule has 0 spiro atoms. The van der Waals surface area contributed by atoms with Crippen LogP contribution in [0.25, 0.3) is 9.44 Å². The minimum absolute atomic E-state index is 0.